The number of rotatable bonds is 8. The molecule has 0 atom stereocenters. The summed E-state index contributed by atoms with van der Waals surface area (Å²) in [5.41, 5.74) is 12.1. The maximum atomic E-state index is 13.8. The van der Waals surface area contributed by atoms with Gasteiger partial charge in [-0.05, 0) is 102 Å². The largest absolute Gasteiger partial charge is 0.478 e. The first-order valence-corrected chi connectivity index (χ1v) is 22.3. The molecule has 5 aromatic carbocycles. The van der Waals surface area contributed by atoms with Gasteiger partial charge in [-0.3, -0.25) is 4.98 Å². The maximum Gasteiger partial charge on any atom is 0.337 e. The van der Waals surface area contributed by atoms with E-state index in [0.29, 0.717) is 16.6 Å². The van der Waals surface area contributed by atoms with Crippen LogP contribution in [-0.4, -0.2) is 83.0 Å². The van der Waals surface area contributed by atoms with Crippen LogP contribution in [0.2, 0.25) is 0 Å². The predicted octanol–water partition coefficient (Wildman–Crippen LogP) is 9.82. The summed E-state index contributed by atoms with van der Waals surface area (Å²) in [7, 11) is 0. The molecule has 0 radical (unpaired) electrons. The molecule has 10 nitrogen and oxygen atoms in total. The highest BCUT2D eigenvalue weighted by Crippen LogP contribution is 2.44. The second-order valence-electron chi connectivity index (χ2n) is 17.0. The van der Waals surface area contributed by atoms with Gasteiger partial charge in [0.05, 0.1) is 33.3 Å². The first kappa shape index (κ1) is 38.3. The molecule has 3 aliphatic rings. The molecule has 310 valence electrons. The number of fused-ring (bicyclic) bond motifs is 3. The summed E-state index contributed by atoms with van der Waals surface area (Å²) in [6.07, 6.45) is 7.36. The van der Waals surface area contributed by atoms with E-state index < -0.39 is 5.97 Å². The Kier molecular flexibility index (Phi) is 10.1. The third-order valence-corrected chi connectivity index (χ3v) is 13.3. The zero-order valence-electron chi connectivity index (χ0n) is 34.9. The van der Waals surface area contributed by atoms with Crippen LogP contribution in [0.25, 0.3) is 77.7 Å². The van der Waals surface area contributed by atoms with Crippen LogP contribution in [0.5, 0.6) is 0 Å². The van der Waals surface area contributed by atoms with E-state index in [2.05, 4.69) is 121 Å². The second kappa shape index (κ2) is 16.3. The van der Waals surface area contributed by atoms with Gasteiger partial charge in [0.2, 0.25) is 0 Å². The number of hydrogen-bond acceptors (Lipinski definition) is 8. The number of piperazine rings is 2. The highest BCUT2D eigenvalue weighted by atomic mass is 16.4. The van der Waals surface area contributed by atoms with Crippen LogP contribution in [0, 0.1) is 0 Å². The Bertz CT molecular complexity index is 2940. The number of benzene rings is 5. The minimum atomic E-state index is -0.978. The first-order valence-electron chi connectivity index (χ1n) is 22.3. The van der Waals surface area contributed by atoms with Crippen LogP contribution in [-0.2, 0) is 0 Å². The number of carbonyl (C=O) groups is 1. The number of carboxylic acid groups (broad SMARTS) is 1. The number of carboxylic acids is 1. The van der Waals surface area contributed by atoms with Crippen molar-refractivity contribution < 1.29 is 9.90 Å². The van der Waals surface area contributed by atoms with Crippen molar-refractivity contribution in [3.8, 4) is 44.9 Å². The van der Waals surface area contributed by atoms with Crippen molar-refractivity contribution >= 4 is 50.2 Å². The van der Waals surface area contributed by atoms with Crippen molar-refractivity contribution in [2.24, 2.45) is 0 Å². The van der Waals surface area contributed by atoms with Crippen molar-refractivity contribution in [2.75, 3.05) is 62.2 Å². The summed E-state index contributed by atoms with van der Waals surface area (Å²) in [4.78, 5) is 33.8. The maximum absolute atomic E-state index is 13.8. The van der Waals surface area contributed by atoms with E-state index in [9.17, 15) is 9.90 Å². The fourth-order valence-electron chi connectivity index (χ4n) is 10.1. The molecule has 62 heavy (non-hydrogen) atoms. The SMILES string of the molecule is O=C(O)c1c(-c2ccc(N3CCNCC3)cc2)cc2c(nc(-c3ccc4nc(-c5ccc(N6CCNCC6)cc5)ccc4c3)n2C2CCCCC2)c1-c1ccc2ncccc2c1. The molecule has 2 saturated heterocycles. The van der Waals surface area contributed by atoms with Gasteiger partial charge in [-0.25, -0.2) is 14.8 Å². The number of anilines is 2. The van der Waals surface area contributed by atoms with E-state index in [1.54, 1.807) is 6.20 Å². The molecule has 1 aliphatic carbocycles. The van der Waals surface area contributed by atoms with Crippen LogP contribution in [0.3, 0.4) is 0 Å². The fourth-order valence-corrected chi connectivity index (χ4v) is 10.1. The number of nitrogens with zero attached hydrogens (tertiary/aromatic N) is 6. The molecular weight excluding hydrogens is 769 g/mol. The van der Waals surface area contributed by atoms with Gasteiger partial charge in [0.1, 0.15) is 5.82 Å². The van der Waals surface area contributed by atoms with Gasteiger partial charge in [-0.1, -0.05) is 61.7 Å². The Morgan fingerprint density at radius 1 is 0.613 bits per heavy atom. The summed E-state index contributed by atoms with van der Waals surface area (Å²) in [6.45, 7) is 7.81. The Hall–Kier alpha value is -6.62. The number of imidazole rings is 1. The average molecular weight is 819 g/mol. The molecule has 3 N–H and O–H groups in total. The Labute approximate surface area is 361 Å². The Morgan fingerprint density at radius 2 is 1.23 bits per heavy atom. The van der Waals surface area contributed by atoms with Gasteiger partial charge in [0, 0.05) is 103 Å². The Morgan fingerprint density at radius 3 is 1.92 bits per heavy atom. The monoisotopic (exact) mass is 818 g/mol. The average Bonchev–Trinajstić information content (AvgIpc) is 3.73. The van der Waals surface area contributed by atoms with Gasteiger partial charge in [-0.2, -0.15) is 0 Å². The number of aromatic nitrogens is 4. The third kappa shape index (κ3) is 7.12. The van der Waals surface area contributed by atoms with Crippen LogP contribution in [0.15, 0.2) is 121 Å². The van der Waals surface area contributed by atoms with Crippen molar-refractivity contribution in [3.63, 3.8) is 0 Å². The fraction of sp³-hybridized carbons (Fsp3) is 0.269. The van der Waals surface area contributed by atoms with E-state index in [-0.39, 0.29) is 11.6 Å². The highest BCUT2D eigenvalue weighted by Gasteiger charge is 2.30. The van der Waals surface area contributed by atoms with Crippen LogP contribution in [0.4, 0.5) is 11.4 Å². The molecule has 11 rings (SSSR count). The van der Waals surface area contributed by atoms with Crippen molar-refractivity contribution in [1.29, 1.82) is 0 Å². The number of pyridine rings is 2. The van der Waals surface area contributed by atoms with E-state index in [0.717, 1.165) is 145 Å². The van der Waals surface area contributed by atoms with Crippen molar-refractivity contribution in [3.05, 3.63) is 127 Å². The third-order valence-electron chi connectivity index (χ3n) is 13.3. The lowest BCUT2D eigenvalue weighted by Crippen LogP contribution is -2.43. The summed E-state index contributed by atoms with van der Waals surface area (Å²) in [5, 5.41) is 20.1. The predicted molar refractivity (Wildman–Crippen MR) is 251 cm³/mol. The lowest BCUT2D eigenvalue weighted by Gasteiger charge is -2.29. The summed E-state index contributed by atoms with van der Waals surface area (Å²) in [6, 6.07) is 40.3. The minimum absolute atomic E-state index is 0.219. The highest BCUT2D eigenvalue weighted by molar-refractivity contribution is 6.12. The second-order valence-corrected chi connectivity index (χ2v) is 17.0. The zero-order valence-corrected chi connectivity index (χ0v) is 34.9. The molecule has 10 heteroatoms. The first-order chi connectivity index (χ1) is 30.6. The minimum Gasteiger partial charge on any atom is -0.478 e. The lowest BCUT2D eigenvalue weighted by atomic mass is 9.89. The summed E-state index contributed by atoms with van der Waals surface area (Å²) >= 11 is 0. The molecule has 0 unspecified atom stereocenters. The van der Waals surface area contributed by atoms with Crippen molar-refractivity contribution in [2.45, 2.75) is 38.1 Å². The lowest BCUT2D eigenvalue weighted by molar-refractivity contribution is 0.0698. The number of nitrogens with one attached hydrogen (secondary N) is 2. The van der Waals surface area contributed by atoms with E-state index in [1.165, 1.54) is 12.1 Å². The summed E-state index contributed by atoms with van der Waals surface area (Å²) < 4.78 is 2.44. The van der Waals surface area contributed by atoms with E-state index >= 15 is 0 Å². The van der Waals surface area contributed by atoms with Gasteiger partial charge < -0.3 is 30.1 Å². The van der Waals surface area contributed by atoms with Gasteiger partial charge in [0.25, 0.3) is 0 Å². The van der Waals surface area contributed by atoms with Gasteiger partial charge in [0.15, 0.2) is 0 Å². The topological polar surface area (TPSA) is 111 Å². The van der Waals surface area contributed by atoms with Crippen LogP contribution in [0.1, 0.15) is 48.5 Å². The standard InChI is InChI=1S/C52H50N8O2/c61-52(62)49-43(34-8-15-40(16-9-34)58-27-23-53-24-28-58)33-47-50(48(49)38-13-19-44-36(31-38)5-4-22-55-44)57-51(60(47)42-6-2-1-3-7-42)39-14-21-46-37(32-39)12-20-45(56-46)35-10-17-41(18-11-35)59-29-25-54-26-30-59/h4-5,8-22,31-33,42,53-54H,1-3,6-7,23-30H2,(H,61,62). The molecule has 3 aromatic heterocycles. The summed E-state index contributed by atoms with van der Waals surface area (Å²) in [5.74, 6) is -0.123. The molecule has 0 amide bonds. The smallest absolute Gasteiger partial charge is 0.337 e. The molecule has 2 aliphatic heterocycles. The van der Waals surface area contributed by atoms with E-state index in [4.69, 9.17) is 9.97 Å². The van der Waals surface area contributed by atoms with Gasteiger partial charge >= 0.3 is 5.97 Å². The molecule has 5 heterocycles. The number of aromatic carboxylic acids is 1. The van der Waals surface area contributed by atoms with Crippen molar-refractivity contribution in [1.82, 2.24) is 30.2 Å². The van der Waals surface area contributed by atoms with Crippen LogP contribution >= 0.6 is 0 Å². The van der Waals surface area contributed by atoms with Gasteiger partial charge in [-0.15, -0.1) is 0 Å². The molecule has 3 fully saturated rings. The Balaban J connectivity index is 1.07. The quantitative estimate of drug-likeness (QED) is 0.138. The molecule has 0 spiro atoms. The molecule has 8 aromatic rings. The number of hydrogen-bond donors (Lipinski definition) is 3. The zero-order chi connectivity index (χ0) is 41.6. The molecule has 1 saturated carbocycles. The normalized spacial score (nSPS) is 16.4. The van der Waals surface area contributed by atoms with E-state index in [1.807, 2.05) is 24.3 Å². The molecule has 0 bridgehead atoms. The molecular formula is C52H50N8O2. The van der Waals surface area contributed by atoms with Crippen LogP contribution < -0.4 is 20.4 Å².